The number of sulfonamides is 1. The van der Waals surface area contributed by atoms with Crippen LogP contribution in [-0.2, 0) is 26.7 Å². The highest BCUT2D eigenvalue weighted by atomic mass is 35.5. The number of nitrogens with zero attached hydrogens (tertiary/aromatic N) is 2. The van der Waals surface area contributed by atoms with Crippen molar-refractivity contribution in [1.29, 1.82) is 0 Å². The largest absolute Gasteiger partial charge is 0.490 e. The minimum atomic E-state index is -4.16. The molecule has 2 saturated carbocycles. The minimum Gasteiger partial charge on any atom is -0.490 e. The molecule has 2 aliphatic heterocycles. The summed E-state index contributed by atoms with van der Waals surface area (Å²) in [6, 6.07) is 11.2. The number of carbonyl (C=O) groups excluding carboxylic acids is 1. The first-order chi connectivity index (χ1) is 21.1. The Labute approximate surface area is 265 Å². The molecule has 4 atom stereocenters. The van der Waals surface area contributed by atoms with Crippen LogP contribution in [0.15, 0.2) is 58.1 Å². The molecule has 10 heteroatoms. The van der Waals surface area contributed by atoms with Crippen molar-refractivity contribution in [3.8, 4) is 5.75 Å². The number of allylic oxidation sites excluding steroid dienone is 2. The number of hydrogen-bond acceptors (Lipinski definition) is 7. The quantitative estimate of drug-likeness (QED) is 0.458. The van der Waals surface area contributed by atoms with Crippen molar-refractivity contribution in [1.82, 2.24) is 4.72 Å². The van der Waals surface area contributed by atoms with E-state index in [-0.39, 0.29) is 16.2 Å². The normalized spacial score (nSPS) is 31.5. The molecule has 1 unspecified atom stereocenters. The number of benzene rings is 2. The third-order valence-electron chi connectivity index (χ3n) is 10.4. The lowest BCUT2D eigenvalue weighted by Gasteiger charge is -2.44. The molecule has 0 aromatic heterocycles. The van der Waals surface area contributed by atoms with E-state index in [0.717, 1.165) is 75.2 Å². The van der Waals surface area contributed by atoms with Gasteiger partial charge in [0.25, 0.3) is 10.0 Å². The summed E-state index contributed by atoms with van der Waals surface area (Å²) in [6.07, 6.45) is 9.67. The van der Waals surface area contributed by atoms with Crippen molar-refractivity contribution in [2.45, 2.75) is 68.6 Å². The van der Waals surface area contributed by atoms with Gasteiger partial charge in [-0.25, -0.2) is 13.1 Å². The number of nitrogens with two attached hydrogens (primary N) is 1. The van der Waals surface area contributed by atoms with Crippen LogP contribution in [0.4, 0.5) is 5.69 Å². The Morgan fingerprint density at radius 1 is 1.11 bits per heavy atom. The van der Waals surface area contributed by atoms with Crippen LogP contribution in [-0.4, -0.2) is 46.3 Å². The van der Waals surface area contributed by atoms with Gasteiger partial charge in [-0.1, -0.05) is 17.7 Å². The molecule has 5 aliphatic rings. The summed E-state index contributed by atoms with van der Waals surface area (Å²) in [4.78, 5) is 21.0. The second-order valence-electron chi connectivity index (χ2n) is 13.6. The molecule has 1 amide bonds. The molecular formula is C34H41ClN4O4S. The molecule has 0 saturated heterocycles. The molecular weight excluding hydrogens is 596 g/mol. The summed E-state index contributed by atoms with van der Waals surface area (Å²) in [5, 5.41) is 0.744. The van der Waals surface area contributed by atoms with E-state index in [1.165, 1.54) is 11.1 Å². The fourth-order valence-electron chi connectivity index (χ4n) is 7.90. The van der Waals surface area contributed by atoms with Gasteiger partial charge in [-0.15, -0.1) is 0 Å². The Bertz CT molecular complexity index is 1650. The van der Waals surface area contributed by atoms with Gasteiger partial charge in [0.2, 0.25) is 5.91 Å². The summed E-state index contributed by atoms with van der Waals surface area (Å²) >= 11 is 6.41. The molecule has 2 aromatic carbocycles. The molecule has 2 aromatic rings. The Kier molecular flexibility index (Phi) is 7.68. The number of nitrogens with one attached hydrogen (secondary N) is 1. The first-order valence-electron chi connectivity index (χ1n) is 16.0. The van der Waals surface area contributed by atoms with Crippen LogP contribution in [0.25, 0.3) is 0 Å². The van der Waals surface area contributed by atoms with E-state index >= 15 is 0 Å². The van der Waals surface area contributed by atoms with Gasteiger partial charge in [-0.2, -0.15) is 0 Å². The summed E-state index contributed by atoms with van der Waals surface area (Å²) in [5.74, 6) is 0.520. The maximum absolute atomic E-state index is 13.8. The highest BCUT2D eigenvalue weighted by Gasteiger charge is 2.44. The van der Waals surface area contributed by atoms with Crippen molar-refractivity contribution in [3.05, 3.63) is 64.3 Å². The fourth-order valence-corrected chi connectivity index (χ4v) is 9.12. The first-order valence-corrected chi connectivity index (χ1v) is 17.8. The third-order valence-corrected chi connectivity index (χ3v) is 12.0. The lowest BCUT2D eigenvalue weighted by atomic mass is 9.69. The number of ether oxygens (including phenoxy) is 1. The average molecular weight is 637 g/mol. The number of hydrogen-bond donors (Lipinski definition) is 2. The molecule has 1 spiro atoms. The highest BCUT2D eigenvalue weighted by Crippen LogP contribution is 2.47. The Hall–Kier alpha value is -3.04. The van der Waals surface area contributed by atoms with Gasteiger partial charge in [0.1, 0.15) is 5.75 Å². The van der Waals surface area contributed by atoms with Crippen LogP contribution < -0.4 is 20.1 Å². The standard InChI is InChI=1S/C34H41ClN4O4S/c1-21(36)15-29-32(23-5-6-23)33(40)38-44(41,42)27-9-11-31-30(17-27)39(18-25-7-4-22(25)12-14-37-29)19-34(20-43-31)13-2-3-24-16-26(35)8-10-28(24)34/h8-11,15-17,22-23,25,32H,2-7,12-14,18-20,36H2,1H3,(H,38,40)/b21-15-,37-29+/t22-,25-,32?,34-/m0/s1. The van der Waals surface area contributed by atoms with Crippen LogP contribution in [0.3, 0.4) is 0 Å². The zero-order chi connectivity index (χ0) is 30.6. The molecule has 0 radical (unpaired) electrons. The van der Waals surface area contributed by atoms with Crippen molar-refractivity contribution in [2.24, 2.45) is 34.4 Å². The molecule has 3 aliphatic carbocycles. The number of carbonyl (C=O) groups is 1. The number of rotatable bonds is 2. The highest BCUT2D eigenvalue weighted by molar-refractivity contribution is 7.90. The molecule has 2 heterocycles. The average Bonchev–Trinajstić information content (AvgIpc) is 3.80. The Morgan fingerprint density at radius 3 is 2.66 bits per heavy atom. The maximum Gasteiger partial charge on any atom is 0.264 e. The third kappa shape index (κ3) is 5.62. The topological polar surface area (TPSA) is 114 Å². The van der Waals surface area contributed by atoms with E-state index < -0.39 is 21.8 Å². The summed E-state index contributed by atoms with van der Waals surface area (Å²) in [6.45, 7) is 4.40. The van der Waals surface area contributed by atoms with Gasteiger partial charge in [0, 0.05) is 41.5 Å². The van der Waals surface area contributed by atoms with E-state index in [9.17, 15) is 13.2 Å². The van der Waals surface area contributed by atoms with Crippen molar-refractivity contribution >= 4 is 38.9 Å². The minimum absolute atomic E-state index is 0.0589. The fraction of sp³-hybridized carbons (Fsp3) is 0.529. The zero-order valence-corrected chi connectivity index (χ0v) is 26.8. The number of fused-ring (bicyclic) bond motifs is 4. The van der Waals surface area contributed by atoms with Gasteiger partial charge in [0.15, 0.2) is 0 Å². The molecule has 2 fully saturated rings. The van der Waals surface area contributed by atoms with Crippen LogP contribution in [0, 0.1) is 23.7 Å². The van der Waals surface area contributed by atoms with Gasteiger partial charge in [0.05, 0.1) is 23.1 Å². The Morgan fingerprint density at radius 2 is 1.91 bits per heavy atom. The van der Waals surface area contributed by atoms with E-state index in [0.29, 0.717) is 42.1 Å². The SMILES string of the molecule is C/C(N)=C/C1=N\CC[C@@H]2CC[C@H]2CN2C[C@@]3(CCCc4cc(Cl)ccc43)COc3ccc(cc32)S(=O)(=O)NC(=O)C1C1CC1. The monoisotopic (exact) mass is 636 g/mol. The Balaban J connectivity index is 1.30. The van der Waals surface area contributed by atoms with Crippen LogP contribution >= 0.6 is 11.6 Å². The molecule has 44 heavy (non-hydrogen) atoms. The number of aliphatic imine (C=N–C) groups is 1. The van der Waals surface area contributed by atoms with Crippen LogP contribution in [0.5, 0.6) is 5.75 Å². The molecule has 2 bridgehead atoms. The summed E-state index contributed by atoms with van der Waals surface area (Å²) in [5.41, 5.74) is 10.3. The van der Waals surface area contributed by atoms with Gasteiger partial charge >= 0.3 is 0 Å². The molecule has 234 valence electrons. The van der Waals surface area contributed by atoms with Crippen molar-refractivity contribution in [2.75, 3.05) is 31.1 Å². The number of amides is 1. The molecule has 7 rings (SSSR count). The summed E-state index contributed by atoms with van der Waals surface area (Å²) < 4.78 is 36.5. The maximum atomic E-state index is 13.8. The second-order valence-corrected chi connectivity index (χ2v) is 15.7. The van der Waals surface area contributed by atoms with E-state index in [2.05, 4.69) is 21.8 Å². The number of anilines is 1. The van der Waals surface area contributed by atoms with Crippen molar-refractivity contribution < 1.29 is 17.9 Å². The molecule has 3 N–H and O–H groups in total. The zero-order valence-electron chi connectivity index (χ0n) is 25.2. The summed E-state index contributed by atoms with van der Waals surface area (Å²) in [7, 11) is -4.16. The van der Waals surface area contributed by atoms with Crippen LogP contribution in [0.1, 0.15) is 63.0 Å². The van der Waals surface area contributed by atoms with Gasteiger partial charge in [-0.3, -0.25) is 9.79 Å². The van der Waals surface area contributed by atoms with Crippen LogP contribution in [0.2, 0.25) is 5.02 Å². The van der Waals surface area contributed by atoms with Gasteiger partial charge < -0.3 is 15.4 Å². The van der Waals surface area contributed by atoms with Crippen molar-refractivity contribution in [3.63, 3.8) is 0 Å². The number of halogens is 1. The van der Waals surface area contributed by atoms with Gasteiger partial charge in [-0.05, 0) is 124 Å². The first kappa shape index (κ1) is 29.7. The molecule has 8 nitrogen and oxygen atoms in total. The smallest absolute Gasteiger partial charge is 0.264 e. The predicted molar refractivity (Wildman–Crippen MR) is 173 cm³/mol. The van der Waals surface area contributed by atoms with E-state index in [4.69, 9.17) is 27.1 Å². The van der Waals surface area contributed by atoms with E-state index in [1.54, 1.807) is 31.2 Å². The lowest BCUT2D eigenvalue weighted by molar-refractivity contribution is -0.121. The predicted octanol–water partition coefficient (Wildman–Crippen LogP) is 5.38. The lowest BCUT2D eigenvalue weighted by Crippen LogP contribution is -2.48. The number of aryl methyl sites for hydroxylation is 1. The second kappa shape index (κ2) is 11.4. The van der Waals surface area contributed by atoms with E-state index in [1.807, 2.05) is 6.07 Å².